The molecule has 1 aliphatic rings. The zero-order valence-corrected chi connectivity index (χ0v) is 17.3. The quantitative estimate of drug-likeness (QED) is 0.645. The molecule has 0 aliphatic heterocycles. The predicted molar refractivity (Wildman–Crippen MR) is 113 cm³/mol. The Hall–Kier alpha value is -3.35. The van der Waals surface area contributed by atoms with Crippen LogP contribution in [0.1, 0.15) is 47.3 Å². The number of rotatable bonds is 7. The minimum Gasteiger partial charge on any atom is -0.494 e. The first-order chi connectivity index (χ1) is 14.6. The maximum Gasteiger partial charge on any atom is 0.272 e. The lowest BCUT2D eigenvalue weighted by atomic mass is 10.2. The van der Waals surface area contributed by atoms with Crippen LogP contribution in [0.2, 0.25) is 0 Å². The molecule has 0 atom stereocenters. The Morgan fingerprint density at radius 3 is 2.83 bits per heavy atom. The van der Waals surface area contributed by atoms with Crippen LogP contribution < -0.4 is 14.8 Å². The van der Waals surface area contributed by atoms with Gasteiger partial charge in [0.15, 0.2) is 5.69 Å². The van der Waals surface area contributed by atoms with Gasteiger partial charge in [-0.05, 0) is 68.0 Å². The Morgan fingerprint density at radius 2 is 2.03 bits per heavy atom. The van der Waals surface area contributed by atoms with E-state index in [0.29, 0.717) is 23.9 Å². The Labute approximate surface area is 176 Å². The number of hydrogen-bond acceptors (Lipinski definition) is 5. The maximum absolute atomic E-state index is 12.6. The minimum absolute atomic E-state index is 0.240. The largest absolute Gasteiger partial charge is 0.494 e. The molecule has 2 aromatic heterocycles. The van der Waals surface area contributed by atoms with Crippen molar-refractivity contribution in [1.82, 2.24) is 20.1 Å². The highest BCUT2D eigenvalue weighted by Crippen LogP contribution is 2.24. The summed E-state index contributed by atoms with van der Waals surface area (Å²) < 4.78 is 13.0. The van der Waals surface area contributed by atoms with E-state index >= 15 is 0 Å². The fourth-order valence-electron chi connectivity index (χ4n) is 3.63. The Bertz CT molecular complexity index is 1020. The van der Waals surface area contributed by atoms with Crippen LogP contribution in [-0.2, 0) is 6.54 Å². The van der Waals surface area contributed by atoms with Gasteiger partial charge < -0.3 is 14.8 Å². The predicted octanol–water partition coefficient (Wildman–Crippen LogP) is 3.84. The van der Waals surface area contributed by atoms with Crippen LogP contribution >= 0.6 is 0 Å². The number of aromatic nitrogens is 3. The van der Waals surface area contributed by atoms with Gasteiger partial charge in [-0.15, -0.1) is 0 Å². The number of aryl methyl sites for hydroxylation is 1. The molecule has 0 spiro atoms. The molecular formula is C23H26N4O3. The standard InChI is InChI=1S/C23H26N4O3/c1-16-7-8-21(29-2)20(13-16)27-12-10-19(26-27)23(28)25-15-17-9-11-24-22(14-17)30-18-5-3-4-6-18/h7-14,18H,3-6,15H2,1-2H3,(H,25,28). The van der Waals surface area contributed by atoms with E-state index in [4.69, 9.17) is 9.47 Å². The van der Waals surface area contributed by atoms with Crippen molar-refractivity contribution in [1.29, 1.82) is 0 Å². The fourth-order valence-corrected chi connectivity index (χ4v) is 3.63. The van der Waals surface area contributed by atoms with Crippen LogP contribution in [0, 0.1) is 6.92 Å². The van der Waals surface area contributed by atoms with Gasteiger partial charge in [0, 0.05) is 25.0 Å². The zero-order chi connectivity index (χ0) is 20.9. The van der Waals surface area contributed by atoms with Crippen molar-refractivity contribution in [3.63, 3.8) is 0 Å². The summed E-state index contributed by atoms with van der Waals surface area (Å²) in [5.41, 5.74) is 3.15. The van der Waals surface area contributed by atoms with Gasteiger partial charge in [0.1, 0.15) is 17.5 Å². The molecule has 2 heterocycles. The molecule has 3 aromatic rings. The summed E-state index contributed by atoms with van der Waals surface area (Å²) in [6.45, 7) is 2.38. The van der Waals surface area contributed by atoms with Crippen LogP contribution in [0.15, 0.2) is 48.8 Å². The lowest BCUT2D eigenvalue weighted by Crippen LogP contribution is -2.23. The fraction of sp³-hybridized carbons (Fsp3) is 0.348. The number of methoxy groups -OCH3 is 1. The molecule has 1 aromatic carbocycles. The number of carbonyl (C=O) groups is 1. The third-order valence-corrected chi connectivity index (χ3v) is 5.24. The van der Waals surface area contributed by atoms with E-state index in [1.165, 1.54) is 12.8 Å². The minimum atomic E-state index is -0.240. The highest BCUT2D eigenvalue weighted by Gasteiger charge is 2.17. The van der Waals surface area contributed by atoms with Gasteiger partial charge >= 0.3 is 0 Å². The van der Waals surface area contributed by atoms with Crippen molar-refractivity contribution in [3.8, 4) is 17.3 Å². The average Bonchev–Trinajstić information content (AvgIpc) is 3.44. The second-order valence-electron chi connectivity index (χ2n) is 7.53. The van der Waals surface area contributed by atoms with Gasteiger partial charge in [-0.3, -0.25) is 4.79 Å². The van der Waals surface area contributed by atoms with Crippen molar-refractivity contribution >= 4 is 5.91 Å². The summed E-state index contributed by atoms with van der Waals surface area (Å²) in [5, 5.41) is 7.33. The first-order valence-corrected chi connectivity index (χ1v) is 10.2. The molecule has 1 saturated carbocycles. The normalized spacial score (nSPS) is 13.9. The van der Waals surface area contributed by atoms with Crippen molar-refractivity contribution < 1.29 is 14.3 Å². The molecule has 0 radical (unpaired) electrons. The molecule has 1 fully saturated rings. The Balaban J connectivity index is 1.40. The molecule has 0 unspecified atom stereocenters. The second kappa shape index (κ2) is 8.98. The van der Waals surface area contributed by atoms with Gasteiger partial charge in [-0.2, -0.15) is 5.10 Å². The van der Waals surface area contributed by atoms with Crippen molar-refractivity contribution in [2.45, 2.75) is 45.3 Å². The molecule has 0 saturated heterocycles. The van der Waals surface area contributed by atoms with Crippen molar-refractivity contribution in [2.75, 3.05) is 7.11 Å². The van der Waals surface area contributed by atoms with E-state index in [-0.39, 0.29) is 12.0 Å². The van der Waals surface area contributed by atoms with Crippen molar-refractivity contribution in [3.05, 3.63) is 65.6 Å². The summed E-state index contributed by atoms with van der Waals surface area (Å²) >= 11 is 0. The first-order valence-electron chi connectivity index (χ1n) is 10.2. The van der Waals surface area contributed by atoms with Gasteiger partial charge in [-0.1, -0.05) is 6.07 Å². The Morgan fingerprint density at radius 1 is 1.20 bits per heavy atom. The van der Waals surface area contributed by atoms with Gasteiger partial charge in [0.05, 0.1) is 7.11 Å². The molecule has 1 N–H and O–H groups in total. The molecule has 0 bridgehead atoms. The zero-order valence-electron chi connectivity index (χ0n) is 17.3. The lowest BCUT2D eigenvalue weighted by Gasteiger charge is -2.12. The van der Waals surface area contributed by atoms with E-state index in [1.807, 2.05) is 37.3 Å². The number of benzene rings is 1. The number of hydrogen-bond donors (Lipinski definition) is 1. The maximum atomic E-state index is 12.6. The highest BCUT2D eigenvalue weighted by atomic mass is 16.5. The van der Waals surface area contributed by atoms with E-state index < -0.39 is 0 Å². The number of pyridine rings is 1. The smallest absolute Gasteiger partial charge is 0.272 e. The molecule has 30 heavy (non-hydrogen) atoms. The molecule has 156 valence electrons. The molecule has 1 amide bonds. The van der Waals surface area contributed by atoms with E-state index in [0.717, 1.165) is 29.7 Å². The van der Waals surface area contributed by atoms with E-state index in [9.17, 15) is 4.79 Å². The number of amides is 1. The van der Waals surface area contributed by atoms with Crippen LogP contribution in [0.25, 0.3) is 5.69 Å². The van der Waals surface area contributed by atoms with Crippen molar-refractivity contribution in [2.24, 2.45) is 0 Å². The summed E-state index contributed by atoms with van der Waals surface area (Å²) in [6.07, 6.45) is 8.30. The summed E-state index contributed by atoms with van der Waals surface area (Å²) in [7, 11) is 1.62. The molecular weight excluding hydrogens is 380 g/mol. The van der Waals surface area contributed by atoms with E-state index in [2.05, 4.69) is 15.4 Å². The molecule has 4 rings (SSSR count). The SMILES string of the molecule is COc1ccc(C)cc1-n1ccc(C(=O)NCc2ccnc(OC3CCCC3)c2)n1. The third kappa shape index (κ3) is 4.62. The number of carbonyl (C=O) groups excluding carboxylic acids is 1. The summed E-state index contributed by atoms with van der Waals surface area (Å²) in [6, 6.07) is 11.3. The topological polar surface area (TPSA) is 78.3 Å². The molecule has 7 nitrogen and oxygen atoms in total. The lowest BCUT2D eigenvalue weighted by molar-refractivity contribution is 0.0945. The van der Waals surface area contributed by atoms with Crippen LogP contribution in [0.3, 0.4) is 0 Å². The Kier molecular flexibility index (Phi) is 5.97. The van der Waals surface area contributed by atoms with Gasteiger partial charge in [-0.25, -0.2) is 9.67 Å². The van der Waals surface area contributed by atoms with Crippen LogP contribution in [-0.4, -0.2) is 33.9 Å². The number of nitrogens with zero attached hydrogens (tertiary/aromatic N) is 3. The molecule has 1 aliphatic carbocycles. The monoisotopic (exact) mass is 406 g/mol. The molecule has 7 heteroatoms. The first kappa shape index (κ1) is 19.9. The third-order valence-electron chi connectivity index (χ3n) is 5.24. The van der Waals surface area contributed by atoms with Crippen LogP contribution in [0.5, 0.6) is 11.6 Å². The highest BCUT2D eigenvalue weighted by molar-refractivity contribution is 5.92. The van der Waals surface area contributed by atoms with E-state index in [1.54, 1.807) is 30.3 Å². The average molecular weight is 406 g/mol. The summed E-state index contributed by atoms with van der Waals surface area (Å²) in [4.78, 5) is 16.9. The van der Waals surface area contributed by atoms with Crippen LogP contribution in [0.4, 0.5) is 0 Å². The number of ether oxygens (including phenoxy) is 2. The second-order valence-corrected chi connectivity index (χ2v) is 7.53. The number of nitrogens with one attached hydrogen (secondary N) is 1. The summed E-state index contributed by atoms with van der Waals surface area (Å²) in [5.74, 6) is 1.07. The van der Waals surface area contributed by atoms with Gasteiger partial charge in [0.25, 0.3) is 5.91 Å². The van der Waals surface area contributed by atoms with Gasteiger partial charge in [0.2, 0.25) is 5.88 Å².